The van der Waals surface area contributed by atoms with E-state index < -0.39 is 41.5 Å². The van der Waals surface area contributed by atoms with E-state index in [1.807, 2.05) is 0 Å². The number of alkyl halides is 4. The van der Waals surface area contributed by atoms with Crippen molar-refractivity contribution in [3.8, 4) is 17.1 Å². The summed E-state index contributed by atoms with van der Waals surface area (Å²) < 4.78 is 67.5. The molecule has 1 aliphatic carbocycles. The summed E-state index contributed by atoms with van der Waals surface area (Å²) >= 11 is 0. The Kier molecular flexibility index (Phi) is 6.91. The fourth-order valence-corrected chi connectivity index (χ4v) is 4.93. The molecule has 2 fully saturated rings. The zero-order valence-electron chi connectivity index (χ0n) is 20.7. The Labute approximate surface area is 219 Å². The molecule has 2 amide bonds. The van der Waals surface area contributed by atoms with Gasteiger partial charge in [-0.3, -0.25) is 4.79 Å². The number of ether oxygens (including phenoxy) is 2. The first-order chi connectivity index (χ1) is 18.6. The quantitative estimate of drug-likeness (QED) is 0.462. The van der Waals surface area contributed by atoms with Crippen molar-refractivity contribution in [2.45, 2.75) is 50.2 Å². The summed E-state index contributed by atoms with van der Waals surface area (Å²) in [5.41, 5.74) is 4.08. The van der Waals surface area contributed by atoms with E-state index in [4.69, 9.17) is 15.2 Å². The van der Waals surface area contributed by atoms with Crippen molar-refractivity contribution in [3.05, 3.63) is 35.8 Å². The van der Waals surface area contributed by atoms with Crippen LogP contribution in [0, 0.1) is 0 Å². The lowest BCUT2D eigenvalue weighted by Gasteiger charge is -2.19. The van der Waals surface area contributed by atoms with Gasteiger partial charge in [-0.25, -0.2) is 23.7 Å². The predicted molar refractivity (Wildman–Crippen MR) is 129 cm³/mol. The average molecular weight is 552 g/mol. The minimum absolute atomic E-state index is 0.0549. The van der Waals surface area contributed by atoms with Gasteiger partial charge in [-0.15, -0.1) is 0 Å². The maximum absolute atomic E-state index is 14.8. The van der Waals surface area contributed by atoms with E-state index in [2.05, 4.69) is 20.4 Å². The van der Waals surface area contributed by atoms with Gasteiger partial charge in [0.25, 0.3) is 5.91 Å². The van der Waals surface area contributed by atoms with E-state index in [-0.39, 0.29) is 47.7 Å². The number of amides is 2. The molecule has 5 rings (SSSR count). The normalized spacial score (nSPS) is 20.0. The lowest BCUT2D eigenvalue weighted by atomic mass is 10.1. The summed E-state index contributed by atoms with van der Waals surface area (Å²) in [4.78, 5) is 34.5. The van der Waals surface area contributed by atoms with Crippen LogP contribution in [-0.4, -0.2) is 75.0 Å². The van der Waals surface area contributed by atoms with E-state index >= 15 is 0 Å². The number of nitrogen functional groups attached to an aromatic ring is 1. The third kappa shape index (κ3) is 5.12. The molecule has 2 aliphatic rings. The van der Waals surface area contributed by atoms with Crippen LogP contribution in [0.2, 0.25) is 0 Å². The Morgan fingerprint density at radius 1 is 1.15 bits per heavy atom. The second-order valence-electron chi connectivity index (χ2n) is 9.42. The van der Waals surface area contributed by atoms with E-state index in [9.17, 15) is 27.2 Å². The highest BCUT2D eigenvalue weighted by Crippen LogP contribution is 2.39. The van der Waals surface area contributed by atoms with Crippen molar-refractivity contribution in [2.24, 2.45) is 0 Å². The van der Waals surface area contributed by atoms with Crippen LogP contribution in [0.5, 0.6) is 5.88 Å². The first-order valence-electron chi connectivity index (χ1n) is 12.2. The molecule has 1 aliphatic heterocycles. The smallest absolute Gasteiger partial charge is 0.418 e. The molecule has 3 aromatic rings. The molecular weight excluding hydrogens is 526 g/mol. The molecule has 39 heavy (non-hydrogen) atoms. The molecule has 0 radical (unpaired) electrons. The summed E-state index contributed by atoms with van der Waals surface area (Å²) in [6.07, 6.45) is -1.46. The monoisotopic (exact) mass is 551 g/mol. The lowest BCUT2D eigenvalue weighted by Crippen LogP contribution is -2.42. The van der Waals surface area contributed by atoms with Crippen molar-refractivity contribution >= 4 is 23.3 Å². The first-order valence-corrected chi connectivity index (χ1v) is 12.2. The Morgan fingerprint density at radius 3 is 2.59 bits per heavy atom. The molecule has 15 heteroatoms. The van der Waals surface area contributed by atoms with Gasteiger partial charge < -0.3 is 25.4 Å². The van der Waals surface area contributed by atoms with E-state index in [1.54, 1.807) is 0 Å². The lowest BCUT2D eigenvalue weighted by molar-refractivity contribution is -0.136. The topological polar surface area (TPSA) is 137 Å². The van der Waals surface area contributed by atoms with Crippen LogP contribution >= 0.6 is 0 Å². The number of likely N-dealkylation sites (tertiary alicyclic amines) is 1. The van der Waals surface area contributed by atoms with Crippen LogP contribution < -0.4 is 15.8 Å². The third-order valence-corrected chi connectivity index (χ3v) is 6.87. The van der Waals surface area contributed by atoms with Gasteiger partial charge in [-0.1, -0.05) is 0 Å². The highest BCUT2D eigenvalue weighted by atomic mass is 19.4. The minimum atomic E-state index is -4.76. The molecule has 3 aromatic heterocycles. The van der Waals surface area contributed by atoms with Crippen molar-refractivity contribution in [3.63, 3.8) is 0 Å². The standard InChI is InChI=1S/C24H25F4N7O4/c1-38-22-14(21(36)33-17-10-34(9-16(17)25)23(37)39-13-4-2-3-5-13)6-12(8-30-22)18-7-15(24(26,27)28)19-20(29)31-11-32-35(18)19/h6-8,11,13,16-17H,2-5,9-10H2,1H3,(H,33,36)(H2,29,31,32)/t16-,17+/m0/s1. The number of aromatic nitrogens is 4. The maximum Gasteiger partial charge on any atom is 0.418 e. The number of halogens is 4. The largest absolute Gasteiger partial charge is 0.480 e. The SMILES string of the molecule is COc1ncc(-c2cc(C(F)(F)F)c3c(N)ncnn23)cc1C(=O)N[C@@H]1CN(C(=O)OC2CCCC2)C[C@@H]1F. The second-order valence-corrected chi connectivity index (χ2v) is 9.42. The van der Waals surface area contributed by atoms with Crippen LogP contribution in [0.1, 0.15) is 41.6 Å². The van der Waals surface area contributed by atoms with Crippen molar-refractivity contribution < 1.29 is 36.6 Å². The highest BCUT2D eigenvalue weighted by Gasteiger charge is 2.39. The highest BCUT2D eigenvalue weighted by molar-refractivity contribution is 5.98. The summed E-state index contributed by atoms with van der Waals surface area (Å²) in [6.45, 7) is -0.355. The molecule has 2 atom stereocenters. The number of pyridine rings is 1. The molecule has 3 N–H and O–H groups in total. The number of hydrogen-bond donors (Lipinski definition) is 2. The van der Waals surface area contributed by atoms with E-state index in [1.165, 1.54) is 24.3 Å². The summed E-state index contributed by atoms with van der Waals surface area (Å²) in [7, 11) is 1.26. The molecular formula is C24H25F4N7O4. The molecule has 0 unspecified atom stereocenters. The number of fused-ring (bicyclic) bond motifs is 1. The predicted octanol–water partition coefficient (Wildman–Crippen LogP) is 3.23. The van der Waals surface area contributed by atoms with Crippen molar-refractivity contribution in [1.29, 1.82) is 0 Å². The Morgan fingerprint density at radius 2 is 1.90 bits per heavy atom. The number of nitrogens with one attached hydrogen (secondary N) is 1. The van der Waals surface area contributed by atoms with Gasteiger partial charge in [0.2, 0.25) is 5.88 Å². The van der Waals surface area contributed by atoms with Gasteiger partial charge in [0, 0.05) is 18.3 Å². The third-order valence-electron chi connectivity index (χ3n) is 6.87. The molecule has 1 saturated heterocycles. The number of nitrogens with two attached hydrogens (primary N) is 1. The fraction of sp³-hybridized carbons (Fsp3) is 0.458. The summed E-state index contributed by atoms with van der Waals surface area (Å²) in [5.74, 6) is -1.30. The molecule has 208 valence electrons. The van der Waals surface area contributed by atoms with Gasteiger partial charge in [-0.2, -0.15) is 18.3 Å². The molecule has 0 bridgehead atoms. The van der Waals surface area contributed by atoms with Crippen LogP contribution in [-0.2, 0) is 10.9 Å². The Balaban J connectivity index is 1.40. The fourth-order valence-electron chi connectivity index (χ4n) is 4.93. The van der Waals surface area contributed by atoms with Crippen LogP contribution in [0.15, 0.2) is 24.7 Å². The summed E-state index contributed by atoms with van der Waals surface area (Å²) in [6, 6.07) is 1.05. The number of carbonyl (C=O) groups excluding carboxylic acids is 2. The van der Waals surface area contributed by atoms with Gasteiger partial charge in [-0.05, 0) is 37.8 Å². The summed E-state index contributed by atoms with van der Waals surface area (Å²) in [5, 5.41) is 6.43. The van der Waals surface area contributed by atoms with Gasteiger partial charge >= 0.3 is 12.3 Å². The zero-order chi connectivity index (χ0) is 27.9. The molecule has 1 saturated carbocycles. The van der Waals surface area contributed by atoms with Gasteiger partial charge in [0.05, 0.1) is 31.0 Å². The van der Waals surface area contributed by atoms with E-state index in [0.717, 1.165) is 42.6 Å². The van der Waals surface area contributed by atoms with Crippen molar-refractivity contribution in [1.82, 2.24) is 29.8 Å². The maximum atomic E-state index is 14.8. The molecule has 0 spiro atoms. The number of nitrogens with zero attached hydrogens (tertiary/aromatic N) is 5. The Bertz CT molecular complexity index is 1410. The number of anilines is 1. The average Bonchev–Trinajstić information content (AvgIpc) is 3.63. The minimum Gasteiger partial charge on any atom is -0.480 e. The Hall–Kier alpha value is -4.17. The first kappa shape index (κ1) is 26.4. The molecule has 11 nitrogen and oxygen atoms in total. The van der Waals surface area contributed by atoms with Gasteiger partial charge in [0.1, 0.15) is 29.7 Å². The van der Waals surface area contributed by atoms with Gasteiger partial charge in [0.15, 0.2) is 5.82 Å². The second kappa shape index (κ2) is 10.2. The van der Waals surface area contributed by atoms with E-state index in [0.29, 0.717) is 0 Å². The van der Waals surface area contributed by atoms with Crippen LogP contribution in [0.4, 0.5) is 28.2 Å². The molecule has 0 aromatic carbocycles. The zero-order valence-corrected chi connectivity index (χ0v) is 20.7. The van der Waals surface area contributed by atoms with Crippen molar-refractivity contribution in [2.75, 3.05) is 25.9 Å². The number of methoxy groups -OCH3 is 1. The molecule has 4 heterocycles. The number of rotatable bonds is 5. The van der Waals surface area contributed by atoms with Crippen LogP contribution in [0.3, 0.4) is 0 Å². The number of carbonyl (C=O) groups is 2. The van der Waals surface area contributed by atoms with Crippen LogP contribution in [0.25, 0.3) is 16.8 Å². The number of hydrogen-bond acceptors (Lipinski definition) is 8.